The van der Waals surface area contributed by atoms with Gasteiger partial charge in [0, 0.05) is 6.54 Å². The van der Waals surface area contributed by atoms with Crippen molar-refractivity contribution in [2.75, 3.05) is 20.1 Å². The molecule has 1 aliphatic heterocycles. The molecule has 2 rings (SSSR count). The molecule has 1 heterocycles. The summed E-state index contributed by atoms with van der Waals surface area (Å²) in [6.07, 6.45) is 0.811. The zero-order chi connectivity index (χ0) is 19.3. The summed E-state index contributed by atoms with van der Waals surface area (Å²) in [6, 6.07) is 0.894. The van der Waals surface area contributed by atoms with Crippen LogP contribution in [0.25, 0.3) is 0 Å². The lowest BCUT2D eigenvalue weighted by atomic mass is 10.1. The molecule has 0 spiro atoms. The Balaban J connectivity index is 0.000000293. The summed E-state index contributed by atoms with van der Waals surface area (Å²) < 4.78 is 0. The van der Waals surface area contributed by atoms with Crippen LogP contribution in [-0.2, 0) is 4.79 Å². The van der Waals surface area contributed by atoms with Crippen molar-refractivity contribution in [3.05, 3.63) is 42.5 Å². The van der Waals surface area contributed by atoms with Gasteiger partial charge in [-0.3, -0.25) is 35.1 Å². The van der Waals surface area contributed by atoms with E-state index in [9.17, 15) is 35.1 Å². The number of hydrogen-bond donors (Lipinski definition) is 2. The number of likely N-dealkylation sites (tertiary alicyclic amines) is 1. The van der Waals surface area contributed by atoms with Crippen LogP contribution in [0.4, 0.5) is 17.1 Å². The third kappa shape index (κ3) is 5.07. The van der Waals surface area contributed by atoms with Crippen molar-refractivity contribution in [1.29, 1.82) is 0 Å². The van der Waals surface area contributed by atoms with E-state index < -0.39 is 43.6 Å². The number of hydrogen-bond acceptors (Lipinski definition) is 9. The van der Waals surface area contributed by atoms with Crippen LogP contribution in [0.1, 0.15) is 6.42 Å². The van der Waals surface area contributed by atoms with Gasteiger partial charge in [0.2, 0.25) is 0 Å². The minimum atomic E-state index is -1.21. The topological polar surface area (TPSA) is 190 Å². The third-order valence-electron chi connectivity index (χ3n) is 3.40. The zero-order valence-corrected chi connectivity index (χ0v) is 12.9. The minimum Gasteiger partial charge on any atom is -0.497 e. The van der Waals surface area contributed by atoms with Crippen LogP contribution in [0.3, 0.4) is 0 Å². The molecular weight excluding hydrogens is 344 g/mol. The Morgan fingerprint density at radius 3 is 1.84 bits per heavy atom. The molecule has 2 N–H and O–H groups in total. The van der Waals surface area contributed by atoms with Crippen LogP contribution in [0.15, 0.2) is 12.1 Å². The van der Waals surface area contributed by atoms with Crippen molar-refractivity contribution in [3.8, 4) is 5.75 Å². The summed E-state index contributed by atoms with van der Waals surface area (Å²) in [6.45, 7) is 1.65. The van der Waals surface area contributed by atoms with Crippen molar-refractivity contribution in [3.63, 3.8) is 0 Å². The number of non-ortho nitro benzene ring substituents is 1. The second kappa shape index (κ2) is 7.96. The molecular formula is C12H14N4O9. The van der Waals surface area contributed by atoms with Gasteiger partial charge in [-0.2, -0.15) is 0 Å². The van der Waals surface area contributed by atoms with Gasteiger partial charge in [0.15, 0.2) is 0 Å². The molecule has 136 valence electrons. The first-order chi connectivity index (χ1) is 11.5. The maximum Gasteiger partial charge on any atom is 0.324 e. The van der Waals surface area contributed by atoms with Crippen LogP contribution < -0.4 is 0 Å². The van der Waals surface area contributed by atoms with E-state index in [-0.39, 0.29) is 5.92 Å². The number of nitro groups is 3. The predicted octanol–water partition coefficient (Wildman–Crippen LogP) is 1.14. The van der Waals surface area contributed by atoms with Gasteiger partial charge in [-0.15, -0.1) is 0 Å². The molecule has 0 amide bonds. The quantitative estimate of drug-likeness (QED) is 0.582. The first-order valence-corrected chi connectivity index (χ1v) is 6.76. The number of carboxylic acids is 1. The highest BCUT2D eigenvalue weighted by molar-refractivity contribution is 5.70. The summed E-state index contributed by atoms with van der Waals surface area (Å²) in [4.78, 5) is 40.1. The number of phenols is 1. The predicted molar refractivity (Wildman–Crippen MR) is 81.3 cm³/mol. The van der Waals surface area contributed by atoms with Gasteiger partial charge in [0.25, 0.3) is 11.4 Å². The lowest BCUT2D eigenvalue weighted by molar-refractivity contribution is -0.404. The summed E-state index contributed by atoms with van der Waals surface area (Å²) in [5, 5.41) is 48.7. The Kier molecular flexibility index (Phi) is 6.27. The summed E-state index contributed by atoms with van der Waals surface area (Å²) in [7, 11) is 1.95. The number of rotatable bonds is 4. The molecule has 25 heavy (non-hydrogen) atoms. The van der Waals surface area contributed by atoms with Crippen LogP contribution in [0.5, 0.6) is 5.75 Å². The van der Waals surface area contributed by atoms with E-state index in [1.807, 2.05) is 11.9 Å². The molecule has 1 aromatic carbocycles. The number of aliphatic carboxylic acids is 1. The number of nitro benzene ring substituents is 3. The van der Waals surface area contributed by atoms with Gasteiger partial charge >= 0.3 is 17.3 Å². The van der Waals surface area contributed by atoms with Gasteiger partial charge in [-0.05, 0) is 20.0 Å². The lowest BCUT2D eigenvalue weighted by Crippen LogP contribution is -2.18. The van der Waals surface area contributed by atoms with Gasteiger partial charge in [0.05, 0.1) is 32.8 Å². The Labute approximate surface area is 139 Å². The highest BCUT2D eigenvalue weighted by Gasteiger charge is 2.30. The first-order valence-electron chi connectivity index (χ1n) is 6.76. The second-order valence-corrected chi connectivity index (χ2v) is 5.19. The second-order valence-electron chi connectivity index (χ2n) is 5.19. The van der Waals surface area contributed by atoms with Crippen LogP contribution in [-0.4, -0.2) is 56.0 Å². The lowest BCUT2D eigenvalue weighted by Gasteiger charge is -2.04. The third-order valence-corrected chi connectivity index (χ3v) is 3.40. The van der Waals surface area contributed by atoms with Crippen LogP contribution in [0.2, 0.25) is 0 Å². The number of carbonyl (C=O) groups is 1. The first kappa shape index (κ1) is 19.7. The highest BCUT2D eigenvalue weighted by Crippen LogP contribution is 2.38. The van der Waals surface area contributed by atoms with E-state index in [0.717, 1.165) is 19.5 Å². The molecule has 1 atom stereocenters. The molecule has 0 aromatic heterocycles. The van der Waals surface area contributed by atoms with Crippen molar-refractivity contribution in [2.24, 2.45) is 5.92 Å². The van der Waals surface area contributed by atoms with E-state index in [2.05, 4.69) is 0 Å². The van der Waals surface area contributed by atoms with Gasteiger partial charge < -0.3 is 15.1 Å². The normalized spacial score (nSPS) is 16.6. The highest BCUT2D eigenvalue weighted by atomic mass is 16.6. The molecule has 0 bridgehead atoms. The smallest absolute Gasteiger partial charge is 0.324 e. The van der Waals surface area contributed by atoms with E-state index in [0.29, 0.717) is 12.1 Å². The molecule has 1 aromatic rings. The average molecular weight is 358 g/mol. The minimum absolute atomic E-state index is 0.116. The SMILES string of the molecule is CN1CCC(C(=O)O)C1.O=[N+]([O-])c1cc([N+](=O)[O-])c(O)c([N+](=O)[O-])c1. The fourth-order valence-corrected chi connectivity index (χ4v) is 2.11. The Bertz CT molecular complexity index is 686. The number of nitrogens with zero attached hydrogens (tertiary/aromatic N) is 4. The number of phenolic OH excluding ortho intramolecular Hbond substituents is 1. The zero-order valence-electron chi connectivity index (χ0n) is 12.9. The Morgan fingerprint density at radius 2 is 1.60 bits per heavy atom. The monoisotopic (exact) mass is 358 g/mol. The summed E-state index contributed by atoms with van der Waals surface area (Å²) in [5.41, 5.74) is -3.00. The van der Waals surface area contributed by atoms with Crippen molar-refractivity contribution < 1.29 is 29.8 Å². The maximum absolute atomic E-state index is 10.4. The van der Waals surface area contributed by atoms with E-state index in [4.69, 9.17) is 10.2 Å². The van der Waals surface area contributed by atoms with Crippen LogP contribution >= 0.6 is 0 Å². The number of benzene rings is 1. The van der Waals surface area contributed by atoms with Crippen molar-refractivity contribution in [2.45, 2.75) is 6.42 Å². The molecule has 1 aliphatic rings. The average Bonchev–Trinajstić information content (AvgIpc) is 2.94. The fourth-order valence-electron chi connectivity index (χ4n) is 2.11. The summed E-state index contributed by atoms with van der Waals surface area (Å²) in [5.74, 6) is -1.98. The molecule has 1 unspecified atom stereocenters. The molecule has 13 heteroatoms. The molecule has 0 radical (unpaired) electrons. The Hall–Kier alpha value is -3.35. The molecule has 0 saturated carbocycles. The Morgan fingerprint density at radius 1 is 1.12 bits per heavy atom. The van der Waals surface area contributed by atoms with Gasteiger partial charge in [-0.1, -0.05) is 0 Å². The van der Waals surface area contributed by atoms with Crippen molar-refractivity contribution >= 4 is 23.0 Å². The molecule has 1 fully saturated rings. The molecule has 13 nitrogen and oxygen atoms in total. The van der Waals surface area contributed by atoms with Gasteiger partial charge in [0.1, 0.15) is 0 Å². The number of carboxylic acid groups (broad SMARTS) is 1. The summed E-state index contributed by atoms with van der Waals surface area (Å²) >= 11 is 0. The standard InChI is InChI=1S/C6H3N3O7.C6H11NO2/c10-6-4(8(13)14)1-3(7(11)12)2-5(6)9(15)16;1-7-3-2-5(4-7)6(8)9/h1-2,10H;5H,2-4H2,1H3,(H,8,9). The molecule has 1 saturated heterocycles. The largest absolute Gasteiger partial charge is 0.497 e. The van der Waals surface area contributed by atoms with E-state index in [1.54, 1.807) is 0 Å². The van der Waals surface area contributed by atoms with Crippen molar-refractivity contribution in [1.82, 2.24) is 4.90 Å². The molecule has 0 aliphatic carbocycles. The number of aromatic hydroxyl groups is 1. The van der Waals surface area contributed by atoms with E-state index in [1.165, 1.54) is 0 Å². The van der Waals surface area contributed by atoms with Crippen LogP contribution in [0, 0.1) is 36.3 Å². The van der Waals surface area contributed by atoms with E-state index >= 15 is 0 Å². The maximum atomic E-state index is 10.4. The van der Waals surface area contributed by atoms with Gasteiger partial charge in [-0.25, -0.2) is 0 Å². The fraction of sp³-hybridized carbons (Fsp3) is 0.417.